The molecule has 0 saturated carbocycles. The monoisotopic (exact) mass is 434 g/mol. The van der Waals surface area contributed by atoms with Gasteiger partial charge in [-0.15, -0.1) is 10.2 Å². The fourth-order valence-corrected chi connectivity index (χ4v) is 2.95. The van der Waals surface area contributed by atoms with Crippen molar-refractivity contribution in [2.75, 3.05) is 13.1 Å². The minimum Gasteiger partial charge on any atom is -0.467 e. The number of nitrogens with zero attached hydrogens (tertiary/aromatic N) is 4. The summed E-state index contributed by atoms with van der Waals surface area (Å²) in [6.45, 7) is 4.19. The zero-order valence-corrected chi connectivity index (χ0v) is 17.2. The fourth-order valence-electron chi connectivity index (χ4n) is 2.95. The number of guanidine groups is 1. The Balaban J connectivity index is 1.54. The molecule has 10 heteroatoms. The average molecular weight is 434 g/mol. The molecule has 7 nitrogen and oxygen atoms in total. The molecule has 31 heavy (non-hydrogen) atoms. The number of hydrogen-bond donors (Lipinski definition) is 2. The Morgan fingerprint density at radius 3 is 2.58 bits per heavy atom. The first-order valence-electron chi connectivity index (χ1n) is 10.0. The molecule has 0 amide bonds. The number of aliphatic imine (C=N–C) groups is 1. The van der Waals surface area contributed by atoms with Gasteiger partial charge in [0.1, 0.15) is 24.5 Å². The molecule has 0 fully saturated rings. The highest BCUT2D eigenvalue weighted by Gasteiger charge is 2.29. The first kappa shape index (κ1) is 22.4. The lowest BCUT2D eigenvalue weighted by Gasteiger charge is -2.14. The van der Waals surface area contributed by atoms with Crippen LogP contribution >= 0.6 is 0 Å². The zero-order valence-electron chi connectivity index (χ0n) is 17.2. The van der Waals surface area contributed by atoms with E-state index >= 15 is 0 Å². The van der Waals surface area contributed by atoms with Crippen molar-refractivity contribution in [1.29, 1.82) is 0 Å². The lowest BCUT2D eigenvalue weighted by Crippen LogP contribution is -2.40. The summed E-state index contributed by atoms with van der Waals surface area (Å²) in [7, 11) is 0. The molecule has 0 aliphatic carbocycles. The van der Waals surface area contributed by atoms with E-state index in [9.17, 15) is 13.2 Å². The third kappa shape index (κ3) is 6.87. The second-order valence-corrected chi connectivity index (χ2v) is 6.84. The van der Waals surface area contributed by atoms with Crippen molar-refractivity contribution in [1.82, 2.24) is 25.4 Å². The van der Waals surface area contributed by atoms with E-state index in [1.54, 1.807) is 18.7 Å². The maximum atomic E-state index is 12.7. The summed E-state index contributed by atoms with van der Waals surface area (Å²) >= 11 is 0. The van der Waals surface area contributed by atoms with E-state index in [2.05, 4.69) is 25.8 Å². The maximum absolute atomic E-state index is 12.7. The van der Waals surface area contributed by atoms with E-state index in [1.807, 2.05) is 17.6 Å². The van der Waals surface area contributed by atoms with Crippen LogP contribution in [0.3, 0.4) is 0 Å². The minimum absolute atomic E-state index is 0.370. The summed E-state index contributed by atoms with van der Waals surface area (Å²) in [4.78, 5) is 4.52. The summed E-state index contributed by atoms with van der Waals surface area (Å²) in [6.07, 6.45) is 0.317. The number of furan rings is 1. The molecule has 0 aliphatic heterocycles. The van der Waals surface area contributed by atoms with Gasteiger partial charge in [0.25, 0.3) is 0 Å². The topological polar surface area (TPSA) is 80.3 Å². The summed E-state index contributed by atoms with van der Waals surface area (Å²) in [5, 5.41) is 14.5. The molecule has 3 rings (SSSR count). The van der Waals surface area contributed by atoms with Gasteiger partial charge >= 0.3 is 6.18 Å². The van der Waals surface area contributed by atoms with Gasteiger partial charge in [0.05, 0.1) is 11.8 Å². The van der Waals surface area contributed by atoms with Crippen molar-refractivity contribution in [3.8, 4) is 0 Å². The zero-order chi connectivity index (χ0) is 22.1. The van der Waals surface area contributed by atoms with Crippen LogP contribution in [0, 0.1) is 0 Å². The molecule has 0 bridgehead atoms. The number of benzene rings is 1. The summed E-state index contributed by atoms with van der Waals surface area (Å²) in [5.41, 5.74) is 0.162. The van der Waals surface area contributed by atoms with Crippen molar-refractivity contribution < 1.29 is 17.6 Å². The molecule has 2 N–H and O–H groups in total. The molecule has 3 aromatic rings. The Hall–Kier alpha value is -3.30. The van der Waals surface area contributed by atoms with Crippen LogP contribution < -0.4 is 10.6 Å². The number of aromatic nitrogens is 3. The highest BCUT2D eigenvalue weighted by atomic mass is 19.4. The fraction of sp³-hybridized carbons (Fsp3) is 0.381. The summed E-state index contributed by atoms with van der Waals surface area (Å²) < 4.78 is 45.4. The molecule has 0 saturated heterocycles. The van der Waals surface area contributed by atoms with Gasteiger partial charge in [0.2, 0.25) is 0 Å². The molecule has 166 valence electrons. The van der Waals surface area contributed by atoms with Crippen LogP contribution in [0.4, 0.5) is 13.2 Å². The molecule has 0 unspecified atom stereocenters. The van der Waals surface area contributed by atoms with Crippen LogP contribution in [0.25, 0.3) is 0 Å². The number of alkyl halides is 3. The first-order chi connectivity index (χ1) is 15.0. The maximum Gasteiger partial charge on any atom is 0.416 e. The first-order valence-corrected chi connectivity index (χ1v) is 10.0. The van der Waals surface area contributed by atoms with Crippen LogP contribution in [0.2, 0.25) is 0 Å². The van der Waals surface area contributed by atoms with E-state index in [1.165, 1.54) is 12.1 Å². The highest BCUT2D eigenvalue weighted by Crippen LogP contribution is 2.29. The van der Waals surface area contributed by atoms with Crippen molar-refractivity contribution in [2.45, 2.75) is 39.0 Å². The number of aryl methyl sites for hydroxylation is 1. The molecule has 0 spiro atoms. The Morgan fingerprint density at radius 1 is 1.13 bits per heavy atom. The minimum atomic E-state index is -4.32. The van der Waals surface area contributed by atoms with Crippen molar-refractivity contribution in [2.24, 2.45) is 4.99 Å². The Morgan fingerprint density at radius 2 is 1.90 bits per heavy atom. The van der Waals surface area contributed by atoms with Crippen molar-refractivity contribution >= 4 is 5.96 Å². The molecule has 2 aromatic heterocycles. The van der Waals surface area contributed by atoms with Gasteiger partial charge in [-0.25, -0.2) is 4.99 Å². The third-order valence-corrected chi connectivity index (χ3v) is 4.62. The van der Waals surface area contributed by atoms with Crippen LogP contribution in [0.5, 0.6) is 0 Å². The highest BCUT2D eigenvalue weighted by molar-refractivity contribution is 5.79. The normalized spacial score (nSPS) is 12.2. The van der Waals surface area contributed by atoms with Gasteiger partial charge in [0, 0.05) is 26.1 Å². The van der Waals surface area contributed by atoms with Gasteiger partial charge in [-0.1, -0.05) is 19.1 Å². The van der Waals surface area contributed by atoms with Crippen LogP contribution in [0.15, 0.2) is 58.4 Å². The SMILES string of the molecule is CCc1nncn1CCNC(=NCc1ccco1)NCCc1ccc(C(F)(F)F)cc1. The standard InChI is InChI=1S/C21H25F3N6O/c1-2-19-29-28-15-30(19)12-11-26-20(27-14-18-4-3-13-31-18)25-10-9-16-5-7-17(8-6-16)21(22,23)24/h3-8,13,15H,2,9-12,14H2,1H3,(H2,25,26,27). The number of halogens is 3. The van der Waals surface area contributed by atoms with Crippen molar-refractivity contribution in [3.05, 3.63) is 71.7 Å². The molecule has 0 atom stereocenters. The van der Waals surface area contributed by atoms with E-state index in [0.717, 1.165) is 35.7 Å². The largest absolute Gasteiger partial charge is 0.467 e. The Kier molecular flexibility index (Phi) is 7.69. The van der Waals surface area contributed by atoms with E-state index in [4.69, 9.17) is 4.42 Å². The average Bonchev–Trinajstić information content (AvgIpc) is 3.43. The second kappa shape index (κ2) is 10.6. The molecule has 2 heterocycles. The van der Waals surface area contributed by atoms with Gasteiger partial charge < -0.3 is 19.6 Å². The van der Waals surface area contributed by atoms with E-state index < -0.39 is 11.7 Å². The van der Waals surface area contributed by atoms with Crippen molar-refractivity contribution in [3.63, 3.8) is 0 Å². The quantitative estimate of drug-likeness (QED) is 0.398. The van der Waals surface area contributed by atoms with Gasteiger partial charge in [-0.3, -0.25) is 0 Å². The second-order valence-electron chi connectivity index (χ2n) is 6.84. The Labute approximate surface area is 178 Å². The number of rotatable bonds is 9. The lowest BCUT2D eigenvalue weighted by atomic mass is 10.1. The summed E-state index contributed by atoms with van der Waals surface area (Å²) in [5.74, 6) is 2.23. The van der Waals surface area contributed by atoms with Crippen LogP contribution in [-0.4, -0.2) is 33.8 Å². The predicted octanol–water partition coefficient (Wildman–Crippen LogP) is 3.43. The molecule has 0 aliphatic rings. The van der Waals surface area contributed by atoms with E-state index in [-0.39, 0.29) is 0 Å². The third-order valence-electron chi connectivity index (χ3n) is 4.62. The summed E-state index contributed by atoms with van der Waals surface area (Å²) in [6, 6.07) is 8.84. The Bertz CT molecular complexity index is 948. The van der Waals surface area contributed by atoms with Crippen LogP contribution in [0.1, 0.15) is 29.6 Å². The van der Waals surface area contributed by atoms with Crippen LogP contribution in [-0.2, 0) is 32.1 Å². The molecular formula is C21H25F3N6O. The number of nitrogens with one attached hydrogen (secondary N) is 2. The molecule has 1 aromatic carbocycles. The predicted molar refractivity (Wildman–Crippen MR) is 110 cm³/mol. The number of hydrogen-bond acceptors (Lipinski definition) is 4. The molecule has 0 radical (unpaired) electrons. The van der Waals surface area contributed by atoms with Gasteiger partial charge in [-0.2, -0.15) is 13.2 Å². The van der Waals surface area contributed by atoms with E-state index in [0.29, 0.717) is 38.6 Å². The smallest absolute Gasteiger partial charge is 0.416 e. The van der Waals surface area contributed by atoms with Gasteiger partial charge in [-0.05, 0) is 36.2 Å². The molecular weight excluding hydrogens is 409 g/mol. The lowest BCUT2D eigenvalue weighted by molar-refractivity contribution is -0.137. The van der Waals surface area contributed by atoms with Gasteiger partial charge in [0.15, 0.2) is 5.96 Å².